The molecule has 0 aromatic carbocycles. The first-order valence-electron chi connectivity index (χ1n) is 5.67. The second-order valence-corrected chi connectivity index (χ2v) is 5.52. The molecule has 1 N–H and O–H groups in total. The number of rotatable bonds is 2. The van der Waals surface area contributed by atoms with E-state index >= 15 is 0 Å². The Morgan fingerprint density at radius 1 is 1.31 bits per heavy atom. The fourth-order valence-electron chi connectivity index (χ4n) is 1.90. The molecular weight excluding hydrogens is 200 g/mol. The van der Waals surface area contributed by atoms with Crippen LogP contribution in [0.4, 0.5) is 0 Å². The van der Waals surface area contributed by atoms with Crippen molar-refractivity contribution in [2.24, 2.45) is 0 Å². The average Bonchev–Trinajstić information content (AvgIpc) is 2.97. The molecule has 0 radical (unpaired) electrons. The number of carbonyl (C=O) groups excluding carboxylic acids is 1. The van der Waals surface area contributed by atoms with E-state index in [0.717, 1.165) is 18.4 Å². The van der Waals surface area contributed by atoms with E-state index < -0.39 is 0 Å². The summed E-state index contributed by atoms with van der Waals surface area (Å²) in [5, 5.41) is 3.06. The van der Waals surface area contributed by atoms with Gasteiger partial charge in [0.15, 0.2) is 0 Å². The van der Waals surface area contributed by atoms with E-state index in [9.17, 15) is 4.79 Å². The number of aromatic nitrogens is 1. The van der Waals surface area contributed by atoms with Crippen molar-refractivity contribution in [3.8, 4) is 0 Å². The molecule has 1 amide bonds. The van der Waals surface area contributed by atoms with E-state index in [1.807, 2.05) is 32.9 Å². The monoisotopic (exact) mass is 218 g/mol. The maximum atomic E-state index is 12.2. The van der Waals surface area contributed by atoms with Crippen molar-refractivity contribution in [3.63, 3.8) is 0 Å². The van der Waals surface area contributed by atoms with Crippen molar-refractivity contribution in [2.75, 3.05) is 0 Å². The number of hydrogen-bond acceptors (Lipinski definition) is 2. The molecule has 0 saturated heterocycles. The molecule has 3 nitrogen and oxygen atoms in total. The fraction of sp³-hybridized carbons (Fsp3) is 0.538. The van der Waals surface area contributed by atoms with Crippen LogP contribution in [0.5, 0.6) is 0 Å². The third kappa shape index (κ3) is 2.08. The molecule has 1 aromatic rings. The summed E-state index contributed by atoms with van der Waals surface area (Å²) in [5.74, 6) is 0.145. The molecule has 16 heavy (non-hydrogen) atoms. The molecule has 1 fully saturated rings. The van der Waals surface area contributed by atoms with Gasteiger partial charge in [-0.15, -0.1) is 0 Å². The Labute approximate surface area is 96.3 Å². The SMILES string of the molecule is CC(C)(C)NC(=O)C1(c2ccncc2)CC1. The summed E-state index contributed by atoms with van der Waals surface area (Å²) in [6.07, 6.45) is 5.39. The van der Waals surface area contributed by atoms with E-state index in [1.165, 1.54) is 0 Å². The van der Waals surface area contributed by atoms with Crippen molar-refractivity contribution in [3.05, 3.63) is 30.1 Å². The van der Waals surface area contributed by atoms with Crippen LogP contribution in [0, 0.1) is 0 Å². The number of nitrogens with zero attached hydrogens (tertiary/aromatic N) is 1. The molecule has 0 unspecified atom stereocenters. The van der Waals surface area contributed by atoms with Gasteiger partial charge in [0, 0.05) is 17.9 Å². The molecule has 0 bridgehead atoms. The topological polar surface area (TPSA) is 42.0 Å². The van der Waals surface area contributed by atoms with Crippen LogP contribution in [-0.2, 0) is 10.2 Å². The Morgan fingerprint density at radius 2 is 1.88 bits per heavy atom. The van der Waals surface area contributed by atoms with Gasteiger partial charge >= 0.3 is 0 Å². The summed E-state index contributed by atoms with van der Waals surface area (Å²) in [6.45, 7) is 6.02. The zero-order chi connectivity index (χ0) is 11.8. The van der Waals surface area contributed by atoms with Gasteiger partial charge in [-0.1, -0.05) is 0 Å². The quantitative estimate of drug-likeness (QED) is 0.825. The summed E-state index contributed by atoms with van der Waals surface area (Å²) in [6, 6.07) is 3.88. The van der Waals surface area contributed by atoms with Crippen molar-refractivity contribution in [1.29, 1.82) is 0 Å². The fourth-order valence-corrected chi connectivity index (χ4v) is 1.90. The van der Waals surface area contributed by atoms with Gasteiger partial charge in [0.1, 0.15) is 0 Å². The van der Waals surface area contributed by atoms with Crippen LogP contribution in [0.15, 0.2) is 24.5 Å². The van der Waals surface area contributed by atoms with Crippen molar-refractivity contribution in [2.45, 2.75) is 44.6 Å². The van der Waals surface area contributed by atoms with Gasteiger partial charge in [-0.05, 0) is 51.3 Å². The third-order valence-electron chi connectivity index (χ3n) is 2.91. The zero-order valence-corrected chi connectivity index (χ0v) is 10.1. The number of carbonyl (C=O) groups is 1. The van der Waals surface area contributed by atoms with E-state index in [1.54, 1.807) is 12.4 Å². The van der Waals surface area contributed by atoms with E-state index in [2.05, 4.69) is 10.3 Å². The Hall–Kier alpha value is -1.38. The molecule has 1 saturated carbocycles. The number of nitrogens with one attached hydrogen (secondary N) is 1. The Balaban J connectivity index is 2.18. The highest BCUT2D eigenvalue weighted by molar-refractivity contribution is 5.91. The predicted octanol–water partition coefficient (Wildman–Crippen LogP) is 2.03. The average molecular weight is 218 g/mol. The van der Waals surface area contributed by atoms with Crippen LogP contribution in [0.25, 0.3) is 0 Å². The number of hydrogen-bond donors (Lipinski definition) is 1. The number of amides is 1. The van der Waals surface area contributed by atoms with E-state index in [-0.39, 0.29) is 16.9 Å². The lowest BCUT2D eigenvalue weighted by Gasteiger charge is -2.24. The van der Waals surface area contributed by atoms with Crippen LogP contribution < -0.4 is 5.32 Å². The predicted molar refractivity (Wildman–Crippen MR) is 63.0 cm³/mol. The molecule has 1 heterocycles. The second-order valence-electron chi connectivity index (χ2n) is 5.52. The first kappa shape index (κ1) is 11.1. The van der Waals surface area contributed by atoms with Crippen molar-refractivity contribution < 1.29 is 4.79 Å². The standard InChI is InChI=1S/C13H18N2O/c1-12(2,3)15-11(16)13(6-7-13)10-4-8-14-9-5-10/h4-5,8-9H,6-7H2,1-3H3,(H,15,16). The van der Waals surface area contributed by atoms with Crippen LogP contribution in [0.3, 0.4) is 0 Å². The highest BCUT2D eigenvalue weighted by Crippen LogP contribution is 2.48. The highest BCUT2D eigenvalue weighted by atomic mass is 16.2. The van der Waals surface area contributed by atoms with E-state index in [4.69, 9.17) is 0 Å². The Bertz CT molecular complexity index is 388. The smallest absolute Gasteiger partial charge is 0.231 e. The molecule has 0 atom stereocenters. The molecule has 3 heteroatoms. The van der Waals surface area contributed by atoms with Crippen molar-refractivity contribution in [1.82, 2.24) is 10.3 Å². The van der Waals surface area contributed by atoms with Gasteiger partial charge in [0.2, 0.25) is 5.91 Å². The molecule has 2 rings (SSSR count). The summed E-state index contributed by atoms with van der Waals surface area (Å²) < 4.78 is 0. The molecule has 0 spiro atoms. The second kappa shape index (κ2) is 3.58. The normalized spacial score (nSPS) is 17.9. The van der Waals surface area contributed by atoms with Crippen molar-refractivity contribution >= 4 is 5.91 Å². The minimum atomic E-state index is -0.282. The first-order valence-corrected chi connectivity index (χ1v) is 5.67. The maximum absolute atomic E-state index is 12.2. The molecule has 86 valence electrons. The van der Waals surface area contributed by atoms with Crippen LogP contribution in [0.1, 0.15) is 39.2 Å². The summed E-state index contributed by atoms with van der Waals surface area (Å²) in [7, 11) is 0. The van der Waals surface area contributed by atoms with Gasteiger partial charge in [-0.2, -0.15) is 0 Å². The molecule has 1 aromatic heterocycles. The largest absolute Gasteiger partial charge is 0.351 e. The third-order valence-corrected chi connectivity index (χ3v) is 2.91. The van der Waals surface area contributed by atoms with Crippen LogP contribution in [-0.4, -0.2) is 16.4 Å². The Morgan fingerprint density at radius 3 is 2.31 bits per heavy atom. The van der Waals surface area contributed by atoms with Crippen LogP contribution in [0.2, 0.25) is 0 Å². The summed E-state index contributed by atoms with van der Waals surface area (Å²) in [5.41, 5.74) is 0.639. The molecular formula is C13H18N2O. The zero-order valence-electron chi connectivity index (χ0n) is 10.1. The minimum Gasteiger partial charge on any atom is -0.351 e. The molecule has 0 aliphatic heterocycles. The minimum absolute atomic E-state index is 0.145. The Kier molecular flexibility index (Phi) is 2.49. The maximum Gasteiger partial charge on any atom is 0.231 e. The van der Waals surface area contributed by atoms with Gasteiger partial charge in [0.25, 0.3) is 0 Å². The molecule has 1 aliphatic carbocycles. The first-order chi connectivity index (χ1) is 7.44. The molecule has 1 aliphatic rings. The van der Waals surface area contributed by atoms with Gasteiger partial charge in [-0.25, -0.2) is 0 Å². The lowest BCUT2D eigenvalue weighted by Crippen LogP contribution is -2.46. The highest BCUT2D eigenvalue weighted by Gasteiger charge is 2.51. The summed E-state index contributed by atoms with van der Waals surface area (Å²) >= 11 is 0. The van der Waals surface area contributed by atoms with E-state index in [0.29, 0.717) is 0 Å². The summed E-state index contributed by atoms with van der Waals surface area (Å²) in [4.78, 5) is 16.2. The lowest BCUT2D eigenvalue weighted by atomic mass is 9.94. The van der Waals surface area contributed by atoms with Crippen LogP contribution >= 0.6 is 0 Å². The lowest BCUT2D eigenvalue weighted by molar-refractivity contribution is -0.125. The van der Waals surface area contributed by atoms with Gasteiger partial charge < -0.3 is 5.32 Å². The van der Waals surface area contributed by atoms with Gasteiger partial charge in [-0.3, -0.25) is 9.78 Å². The van der Waals surface area contributed by atoms with Gasteiger partial charge in [0.05, 0.1) is 5.41 Å². The number of pyridine rings is 1.